The topological polar surface area (TPSA) is 81.8 Å². The maximum atomic E-state index is 10.4. The molecule has 0 fully saturated rings. The van der Waals surface area contributed by atoms with Gasteiger partial charge in [-0.3, -0.25) is 4.79 Å². The van der Waals surface area contributed by atoms with Crippen LogP contribution in [-0.2, 0) is 14.3 Å². The largest absolute Gasteiger partial charge is 0.481 e. The van der Waals surface area contributed by atoms with Crippen LogP contribution in [0, 0.1) is 0 Å². The molecule has 0 atom stereocenters. The molecule has 0 aromatic rings. The number of aliphatic carboxylic acids is 1. The second-order valence-corrected chi connectivity index (χ2v) is 2.80. The van der Waals surface area contributed by atoms with E-state index in [0.29, 0.717) is 0 Å². The molecule has 0 aliphatic rings. The molecule has 0 saturated heterocycles. The summed E-state index contributed by atoms with van der Waals surface area (Å²) < 4.78 is 9.58. The summed E-state index contributed by atoms with van der Waals surface area (Å²) >= 11 is 0. The van der Waals surface area contributed by atoms with E-state index in [4.69, 9.17) is 20.3 Å². The summed E-state index contributed by atoms with van der Waals surface area (Å²) in [6.07, 6.45) is -0.158. The van der Waals surface area contributed by atoms with Gasteiger partial charge in [0.2, 0.25) is 0 Å². The molecule has 12 heavy (non-hydrogen) atoms. The fourth-order valence-corrected chi connectivity index (χ4v) is 1.02. The molecule has 3 N–H and O–H groups in total. The number of carbonyl (C=O) groups is 1. The fraction of sp³-hybridized carbons (Fsp3) is 0.857. The average Bonchev–Trinajstić information content (AvgIpc) is 1.85. The minimum Gasteiger partial charge on any atom is -0.481 e. The van der Waals surface area contributed by atoms with Crippen molar-refractivity contribution < 1.29 is 19.4 Å². The Hall–Kier alpha value is -0.650. The van der Waals surface area contributed by atoms with E-state index in [-0.39, 0.29) is 19.6 Å². The molecule has 0 heterocycles. The number of hydrogen-bond donors (Lipinski definition) is 2. The third-order valence-electron chi connectivity index (χ3n) is 1.37. The first-order valence-corrected chi connectivity index (χ1v) is 3.52. The summed E-state index contributed by atoms with van der Waals surface area (Å²) in [7, 11) is 2.94. The zero-order valence-corrected chi connectivity index (χ0v) is 7.37. The number of nitrogens with two attached hydrogens (primary N) is 1. The summed E-state index contributed by atoms with van der Waals surface area (Å²) in [5, 5.41) is 8.51. The van der Waals surface area contributed by atoms with Gasteiger partial charge in [-0.15, -0.1) is 0 Å². The lowest BCUT2D eigenvalue weighted by atomic mass is 9.99. The lowest BCUT2D eigenvalue weighted by Crippen LogP contribution is -2.50. The monoisotopic (exact) mass is 177 g/mol. The van der Waals surface area contributed by atoms with Gasteiger partial charge in [0.15, 0.2) is 0 Å². The van der Waals surface area contributed by atoms with Gasteiger partial charge in [0.1, 0.15) is 0 Å². The Morgan fingerprint density at radius 3 is 2.08 bits per heavy atom. The standard InChI is InChI=1S/C7H15NO4/c1-11-4-7(8,5-12-2)3-6(9)10/h3-5,8H2,1-2H3,(H,9,10). The molecule has 0 aliphatic carbocycles. The van der Waals surface area contributed by atoms with E-state index in [1.165, 1.54) is 14.2 Å². The zero-order valence-electron chi connectivity index (χ0n) is 7.37. The van der Waals surface area contributed by atoms with Crippen LogP contribution in [-0.4, -0.2) is 44.0 Å². The van der Waals surface area contributed by atoms with Crippen LogP contribution in [0.15, 0.2) is 0 Å². The lowest BCUT2D eigenvalue weighted by Gasteiger charge is -2.25. The van der Waals surface area contributed by atoms with E-state index in [0.717, 1.165) is 0 Å². The van der Waals surface area contributed by atoms with Crippen molar-refractivity contribution in [3.8, 4) is 0 Å². The van der Waals surface area contributed by atoms with Gasteiger partial charge in [-0.05, 0) is 0 Å². The first kappa shape index (κ1) is 11.4. The van der Waals surface area contributed by atoms with Gasteiger partial charge < -0.3 is 20.3 Å². The summed E-state index contributed by atoms with van der Waals surface area (Å²) in [6, 6.07) is 0. The number of ether oxygens (including phenoxy) is 2. The van der Waals surface area contributed by atoms with Gasteiger partial charge in [0.25, 0.3) is 0 Å². The molecule has 0 unspecified atom stereocenters. The summed E-state index contributed by atoms with van der Waals surface area (Å²) in [5.74, 6) is -0.952. The SMILES string of the molecule is COCC(N)(COC)CC(=O)O. The molecule has 0 amide bonds. The Bertz CT molecular complexity index is 142. The predicted octanol–water partition coefficient (Wildman–Crippen LogP) is -0.549. The first-order chi connectivity index (χ1) is 5.54. The van der Waals surface area contributed by atoms with Crippen molar-refractivity contribution in [3.63, 3.8) is 0 Å². The molecular weight excluding hydrogens is 162 g/mol. The van der Waals surface area contributed by atoms with Gasteiger partial charge in [0, 0.05) is 14.2 Å². The Balaban J connectivity index is 4.07. The molecule has 0 saturated carbocycles. The quantitative estimate of drug-likeness (QED) is 0.569. The number of methoxy groups -OCH3 is 2. The zero-order chi connectivity index (χ0) is 9.61. The van der Waals surface area contributed by atoms with Crippen molar-refractivity contribution in [2.45, 2.75) is 12.0 Å². The van der Waals surface area contributed by atoms with Gasteiger partial charge >= 0.3 is 5.97 Å². The highest BCUT2D eigenvalue weighted by Crippen LogP contribution is 2.07. The van der Waals surface area contributed by atoms with Crippen molar-refractivity contribution >= 4 is 5.97 Å². The summed E-state index contributed by atoms with van der Waals surface area (Å²) in [6.45, 7) is 0.348. The highest BCUT2D eigenvalue weighted by molar-refractivity contribution is 5.68. The molecule has 0 radical (unpaired) electrons. The van der Waals surface area contributed by atoms with Crippen LogP contribution in [0.4, 0.5) is 0 Å². The fourth-order valence-electron chi connectivity index (χ4n) is 1.02. The molecule has 0 aliphatic heterocycles. The van der Waals surface area contributed by atoms with Crippen LogP contribution >= 0.6 is 0 Å². The van der Waals surface area contributed by atoms with Gasteiger partial charge in [-0.2, -0.15) is 0 Å². The highest BCUT2D eigenvalue weighted by atomic mass is 16.5. The third-order valence-corrected chi connectivity index (χ3v) is 1.37. The maximum absolute atomic E-state index is 10.4. The van der Waals surface area contributed by atoms with E-state index < -0.39 is 11.5 Å². The van der Waals surface area contributed by atoms with E-state index >= 15 is 0 Å². The predicted molar refractivity (Wildman–Crippen MR) is 42.9 cm³/mol. The molecule has 0 aromatic carbocycles. The summed E-state index contributed by atoms with van der Waals surface area (Å²) in [4.78, 5) is 10.4. The van der Waals surface area contributed by atoms with Crippen molar-refractivity contribution in [3.05, 3.63) is 0 Å². The van der Waals surface area contributed by atoms with Crippen LogP contribution in [0.2, 0.25) is 0 Å². The van der Waals surface area contributed by atoms with Crippen molar-refractivity contribution in [2.75, 3.05) is 27.4 Å². The molecular formula is C7H15NO4. The number of rotatable bonds is 6. The molecule has 0 spiro atoms. The minimum absolute atomic E-state index is 0.158. The first-order valence-electron chi connectivity index (χ1n) is 3.52. The highest BCUT2D eigenvalue weighted by Gasteiger charge is 2.28. The van der Waals surface area contributed by atoms with E-state index in [2.05, 4.69) is 0 Å². The van der Waals surface area contributed by atoms with E-state index in [1.54, 1.807) is 0 Å². The van der Waals surface area contributed by atoms with Crippen LogP contribution in [0.25, 0.3) is 0 Å². The lowest BCUT2D eigenvalue weighted by molar-refractivity contribution is -0.139. The third kappa shape index (κ3) is 4.27. The van der Waals surface area contributed by atoms with E-state index in [9.17, 15) is 4.79 Å². The average molecular weight is 177 g/mol. The maximum Gasteiger partial charge on any atom is 0.305 e. The van der Waals surface area contributed by atoms with Crippen molar-refractivity contribution in [1.29, 1.82) is 0 Å². The Morgan fingerprint density at radius 2 is 1.83 bits per heavy atom. The second-order valence-electron chi connectivity index (χ2n) is 2.80. The number of hydrogen-bond acceptors (Lipinski definition) is 4. The molecule has 5 heteroatoms. The summed E-state index contributed by atoms with van der Waals surface area (Å²) in [5.41, 5.74) is 4.77. The number of carboxylic acid groups (broad SMARTS) is 1. The van der Waals surface area contributed by atoms with Gasteiger partial charge in [-0.1, -0.05) is 0 Å². The Morgan fingerprint density at radius 1 is 1.42 bits per heavy atom. The molecule has 5 nitrogen and oxygen atoms in total. The van der Waals surface area contributed by atoms with Crippen molar-refractivity contribution in [2.24, 2.45) is 5.73 Å². The Labute approximate surface area is 71.5 Å². The molecule has 0 rings (SSSR count). The molecule has 0 bridgehead atoms. The van der Waals surface area contributed by atoms with Crippen molar-refractivity contribution in [1.82, 2.24) is 0 Å². The second kappa shape index (κ2) is 5.08. The van der Waals surface area contributed by atoms with Crippen LogP contribution in [0.5, 0.6) is 0 Å². The van der Waals surface area contributed by atoms with Gasteiger partial charge in [-0.25, -0.2) is 0 Å². The van der Waals surface area contributed by atoms with Crippen LogP contribution < -0.4 is 5.73 Å². The normalized spacial score (nSPS) is 11.6. The Kier molecular flexibility index (Phi) is 4.80. The number of carboxylic acids is 1. The van der Waals surface area contributed by atoms with Gasteiger partial charge in [0.05, 0.1) is 25.2 Å². The van der Waals surface area contributed by atoms with Crippen LogP contribution in [0.3, 0.4) is 0 Å². The molecule has 72 valence electrons. The molecule has 0 aromatic heterocycles. The van der Waals surface area contributed by atoms with E-state index in [1.807, 2.05) is 0 Å². The van der Waals surface area contributed by atoms with Crippen LogP contribution in [0.1, 0.15) is 6.42 Å². The minimum atomic E-state index is -0.952. The smallest absolute Gasteiger partial charge is 0.305 e.